The van der Waals surface area contributed by atoms with Crippen molar-refractivity contribution in [3.05, 3.63) is 58.6 Å². The average molecular weight is 600 g/mol. The Labute approximate surface area is 255 Å². The molecule has 2 aliphatic heterocycles. The van der Waals surface area contributed by atoms with Crippen LogP contribution in [0, 0.1) is 23.0 Å². The number of thiazole rings is 1. The third kappa shape index (κ3) is 5.17. The van der Waals surface area contributed by atoms with Gasteiger partial charge in [0.1, 0.15) is 22.5 Å². The van der Waals surface area contributed by atoms with Gasteiger partial charge in [0.2, 0.25) is 5.91 Å². The number of aliphatic hydroxyl groups excluding tert-OH is 1. The summed E-state index contributed by atoms with van der Waals surface area (Å²) in [6, 6.07) is -0.115. The van der Waals surface area contributed by atoms with Crippen molar-refractivity contribution >= 4 is 39.3 Å². The molecule has 0 bridgehead atoms. The molecular formula is C29H30F2N8O2S. The highest BCUT2D eigenvalue weighted by molar-refractivity contribution is 7.16. The number of nitrogens with zero attached hydrogens (tertiary/aromatic N) is 8. The molecule has 0 radical (unpaired) electrons. The van der Waals surface area contributed by atoms with Crippen molar-refractivity contribution in [3.63, 3.8) is 0 Å². The number of anilines is 3. The number of aromatic nitrogens is 3. The Hall–Kier alpha value is -4.12. The number of piperazine rings is 1. The first-order valence-electron chi connectivity index (χ1n) is 16.8. The van der Waals surface area contributed by atoms with E-state index in [2.05, 4.69) is 10.1 Å². The number of hydrogen-bond acceptors (Lipinski definition) is 9. The molecule has 13 heteroatoms. The van der Waals surface area contributed by atoms with Gasteiger partial charge in [-0.15, -0.1) is 0 Å². The zero-order valence-electron chi connectivity index (χ0n) is 29.5. The van der Waals surface area contributed by atoms with E-state index in [1.54, 1.807) is 16.7 Å². The van der Waals surface area contributed by atoms with Crippen LogP contribution in [0.4, 0.5) is 25.3 Å². The molecule has 4 aromatic rings. The van der Waals surface area contributed by atoms with E-state index in [0.29, 0.717) is 50.6 Å². The second kappa shape index (κ2) is 11.3. The van der Waals surface area contributed by atoms with E-state index >= 15 is 4.39 Å². The van der Waals surface area contributed by atoms with E-state index in [0.717, 1.165) is 11.1 Å². The number of aliphatic hydroxyl groups is 1. The van der Waals surface area contributed by atoms with Crippen LogP contribution in [0.15, 0.2) is 36.4 Å². The van der Waals surface area contributed by atoms with E-state index in [1.807, 2.05) is 11.0 Å². The highest BCUT2D eigenvalue weighted by Crippen LogP contribution is 2.39. The summed E-state index contributed by atoms with van der Waals surface area (Å²) in [6.45, 7) is 1.25. The summed E-state index contributed by atoms with van der Waals surface area (Å²) in [7, 11) is 0. The zero-order valence-corrected chi connectivity index (χ0v) is 23.3. The summed E-state index contributed by atoms with van der Waals surface area (Å²) in [5, 5.41) is 23.6. The minimum absolute atomic E-state index is 0.0631. The van der Waals surface area contributed by atoms with Gasteiger partial charge in [-0.1, -0.05) is 18.3 Å². The number of likely N-dealkylation sites (tertiary alicyclic amines) is 1. The summed E-state index contributed by atoms with van der Waals surface area (Å²) >= 11 is 0.636. The SMILES string of the molecule is [2H]c1c([2H])c(-c2nc(N(c3c(CC)nn4cc(F)c(N5CCN(CC(=O)N6CC(O)C6)CC5)cc34)C([2H])([2H])[2H])sc2C#N)c([2H])c([2H])c1F. The van der Waals surface area contributed by atoms with Crippen molar-refractivity contribution < 1.29 is 28.3 Å². The van der Waals surface area contributed by atoms with E-state index in [1.165, 1.54) is 10.6 Å². The number of halogens is 2. The van der Waals surface area contributed by atoms with Crippen LogP contribution >= 0.6 is 11.3 Å². The molecule has 1 amide bonds. The van der Waals surface area contributed by atoms with Crippen LogP contribution in [0.25, 0.3) is 16.8 Å². The van der Waals surface area contributed by atoms with Crippen LogP contribution in [-0.4, -0.2) is 94.3 Å². The number of pyridine rings is 1. The number of rotatable bonds is 7. The Morgan fingerprint density at radius 2 is 2.00 bits per heavy atom. The molecule has 5 heterocycles. The van der Waals surface area contributed by atoms with E-state index in [9.17, 15) is 19.6 Å². The van der Waals surface area contributed by atoms with Crippen LogP contribution in [0.1, 0.15) is 27.1 Å². The van der Waals surface area contributed by atoms with Crippen LogP contribution in [0.5, 0.6) is 0 Å². The summed E-state index contributed by atoms with van der Waals surface area (Å²) < 4.78 is 89.0. The Kier molecular flexibility index (Phi) is 5.56. The number of nitriles is 1. The van der Waals surface area contributed by atoms with Crippen molar-refractivity contribution in [2.45, 2.75) is 19.4 Å². The lowest BCUT2D eigenvalue weighted by molar-refractivity contribution is -0.142. The topological polar surface area (TPSA) is 104 Å². The zero-order chi connectivity index (χ0) is 35.5. The van der Waals surface area contributed by atoms with Gasteiger partial charge in [0, 0.05) is 55.9 Å². The van der Waals surface area contributed by atoms with Crippen LogP contribution < -0.4 is 9.80 Å². The number of carbonyl (C=O) groups excluding carboxylic acids is 1. The lowest BCUT2D eigenvalue weighted by Gasteiger charge is -2.39. The molecule has 2 fully saturated rings. The average Bonchev–Trinajstić information content (AvgIpc) is 3.61. The predicted octanol–water partition coefficient (Wildman–Crippen LogP) is 3.26. The third-order valence-corrected chi connectivity index (χ3v) is 8.28. The molecule has 0 spiro atoms. The van der Waals surface area contributed by atoms with Gasteiger partial charge < -0.3 is 19.8 Å². The Morgan fingerprint density at radius 3 is 2.64 bits per heavy atom. The second-order valence-corrected chi connectivity index (χ2v) is 11.0. The summed E-state index contributed by atoms with van der Waals surface area (Å²) in [5.74, 6) is -2.07. The first-order valence-corrected chi connectivity index (χ1v) is 14.1. The van der Waals surface area contributed by atoms with Gasteiger partial charge in [-0.25, -0.2) is 18.3 Å². The van der Waals surface area contributed by atoms with E-state index in [-0.39, 0.29) is 57.2 Å². The van der Waals surface area contributed by atoms with Gasteiger partial charge >= 0.3 is 0 Å². The number of hydrogen-bond donors (Lipinski definition) is 1. The molecule has 6 rings (SSSR count). The molecule has 218 valence electrons. The van der Waals surface area contributed by atoms with Gasteiger partial charge in [-0.05, 0) is 36.7 Å². The minimum Gasteiger partial charge on any atom is -0.389 e. The summed E-state index contributed by atoms with van der Waals surface area (Å²) in [5.41, 5.74) is -0.0480. The van der Waals surface area contributed by atoms with Gasteiger partial charge in [0.15, 0.2) is 10.9 Å². The fourth-order valence-corrected chi connectivity index (χ4v) is 5.87. The molecule has 0 atom stereocenters. The third-order valence-electron chi connectivity index (χ3n) is 7.33. The van der Waals surface area contributed by atoms with Gasteiger partial charge in [0.25, 0.3) is 0 Å². The fourth-order valence-electron chi connectivity index (χ4n) is 5.07. The van der Waals surface area contributed by atoms with Crippen LogP contribution in [0.3, 0.4) is 0 Å². The van der Waals surface area contributed by atoms with E-state index in [4.69, 9.17) is 9.60 Å². The summed E-state index contributed by atoms with van der Waals surface area (Å²) in [4.78, 5) is 22.8. The maximum Gasteiger partial charge on any atom is 0.236 e. The molecule has 0 aliphatic carbocycles. The molecule has 0 saturated carbocycles. The number of amides is 1. The molecule has 2 saturated heterocycles. The van der Waals surface area contributed by atoms with Gasteiger partial charge in [-0.3, -0.25) is 9.69 Å². The summed E-state index contributed by atoms with van der Waals surface area (Å²) in [6.07, 6.45) is 0.872. The lowest BCUT2D eigenvalue weighted by Crippen LogP contribution is -2.57. The van der Waals surface area contributed by atoms with Crippen molar-refractivity contribution in [1.29, 1.82) is 5.26 Å². The Bertz CT molecular complexity index is 1970. The van der Waals surface area contributed by atoms with Crippen molar-refractivity contribution in [2.75, 3.05) is 62.6 Å². The molecule has 2 aliphatic rings. The molecule has 1 N–H and O–H groups in total. The molecule has 42 heavy (non-hydrogen) atoms. The van der Waals surface area contributed by atoms with Crippen LogP contribution in [0.2, 0.25) is 0 Å². The first-order chi connectivity index (χ1) is 23.1. The van der Waals surface area contributed by atoms with Crippen molar-refractivity contribution in [2.24, 2.45) is 0 Å². The van der Waals surface area contributed by atoms with Crippen molar-refractivity contribution in [1.82, 2.24) is 24.4 Å². The maximum absolute atomic E-state index is 15.6. The molecule has 1 aromatic carbocycles. The Morgan fingerprint density at radius 1 is 1.26 bits per heavy atom. The molecule has 0 unspecified atom stereocenters. The maximum atomic E-state index is 15.6. The molecular weight excluding hydrogens is 562 g/mol. The monoisotopic (exact) mass is 599 g/mol. The highest BCUT2D eigenvalue weighted by Gasteiger charge is 2.31. The molecule has 3 aromatic heterocycles. The quantitative estimate of drug-likeness (QED) is 0.345. The minimum atomic E-state index is -2.94. The van der Waals surface area contributed by atoms with Crippen molar-refractivity contribution in [3.8, 4) is 17.3 Å². The number of fused-ring (bicyclic) bond motifs is 1. The number of β-amino-alcohol motifs (C(OH)–C–C–N with tert-alkyl or cyclic N) is 1. The largest absolute Gasteiger partial charge is 0.389 e. The number of aryl methyl sites for hydroxylation is 1. The lowest BCUT2D eigenvalue weighted by atomic mass is 10.1. The smallest absolute Gasteiger partial charge is 0.236 e. The standard InChI is InChI=1S/C29H30F2N8O2S/c1-3-22-28(35(2)29-33-27(25(13-32)42-29)18-4-6-19(30)7-5-18)24-12-23(21(31)16-39(24)34-22)37-10-8-36(9-11-37)17-26(41)38-14-20(40)15-38/h4-7,12,16,20,40H,3,8-11,14-15,17H2,1-2H3/i2D3,4D,5D,6D,7D. The normalized spacial score (nSPS) is 18.8. The molecule has 10 nitrogen and oxygen atoms in total. The first kappa shape index (κ1) is 20.7. The number of carbonyl (C=O) groups is 1. The second-order valence-electron chi connectivity index (χ2n) is 10.0. The van der Waals surface area contributed by atoms with Gasteiger partial charge in [-0.2, -0.15) is 10.4 Å². The van der Waals surface area contributed by atoms with E-state index < -0.39 is 54.4 Å². The van der Waals surface area contributed by atoms with Crippen LogP contribution in [-0.2, 0) is 11.2 Å². The fraction of sp³-hybridized carbons (Fsp3) is 0.379. The Balaban J connectivity index is 1.39. The number of benzene rings is 1. The highest BCUT2D eigenvalue weighted by atomic mass is 32.1. The predicted molar refractivity (Wildman–Crippen MR) is 156 cm³/mol. The van der Waals surface area contributed by atoms with Gasteiger partial charge in [0.05, 0.1) is 46.9 Å².